The molecule has 0 aliphatic heterocycles. The lowest BCUT2D eigenvalue weighted by Crippen LogP contribution is -2.32. The van der Waals surface area contributed by atoms with Crippen LogP contribution in [-0.4, -0.2) is 33.0 Å². The van der Waals surface area contributed by atoms with Gasteiger partial charge in [-0.1, -0.05) is 17.3 Å². The van der Waals surface area contributed by atoms with E-state index in [1.54, 1.807) is 12.1 Å². The van der Waals surface area contributed by atoms with Crippen LogP contribution >= 0.6 is 0 Å². The van der Waals surface area contributed by atoms with Crippen molar-refractivity contribution in [3.8, 4) is 0 Å². The molecule has 0 aliphatic rings. The SMILES string of the molecule is O=C[C@H](Cc1ccc(F)cc1)NCc1nn[nH]n1. The fourth-order valence-electron chi connectivity index (χ4n) is 1.52. The molecule has 2 aromatic rings. The first kappa shape index (κ1) is 12.3. The van der Waals surface area contributed by atoms with E-state index in [-0.39, 0.29) is 11.9 Å². The average Bonchev–Trinajstić information content (AvgIpc) is 2.90. The van der Waals surface area contributed by atoms with Gasteiger partial charge < -0.3 is 10.1 Å². The summed E-state index contributed by atoms with van der Waals surface area (Å²) >= 11 is 0. The number of benzene rings is 1. The zero-order chi connectivity index (χ0) is 12.8. The van der Waals surface area contributed by atoms with Gasteiger partial charge in [-0.2, -0.15) is 5.21 Å². The molecule has 18 heavy (non-hydrogen) atoms. The summed E-state index contributed by atoms with van der Waals surface area (Å²) in [4.78, 5) is 10.9. The number of hydrogen-bond acceptors (Lipinski definition) is 5. The normalized spacial score (nSPS) is 12.3. The summed E-state index contributed by atoms with van der Waals surface area (Å²) in [5, 5.41) is 16.3. The minimum atomic E-state index is -0.367. The molecule has 0 amide bonds. The molecule has 0 aliphatic carbocycles. The summed E-state index contributed by atoms with van der Waals surface area (Å²) in [6, 6.07) is 5.69. The van der Waals surface area contributed by atoms with Crippen molar-refractivity contribution in [2.75, 3.05) is 0 Å². The van der Waals surface area contributed by atoms with E-state index >= 15 is 0 Å². The van der Waals surface area contributed by atoms with Crippen molar-refractivity contribution >= 4 is 6.29 Å². The Morgan fingerprint density at radius 2 is 2.17 bits per heavy atom. The van der Waals surface area contributed by atoms with Crippen LogP contribution in [0.25, 0.3) is 0 Å². The lowest BCUT2D eigenvalue weighted by molar-refractivity contribution is -0.109. The predicted molar refractivity (Wildman–Crippen MR) is 61.0 cm³/mol. The quantitative estimate of drug-likeness (QED) is 0.716. The second-order valence-corrected chi connectivity index (χ2v) is 3.78. The molecule has 1 heterocycles. The lowest BCUT2D eigenvalue weighted by Gasteiger charge is -2.11. The number of halogens is 1. The molecule has 0 unspecified atom stereocenters. The van der Waals surface area contributed by atoms with E-state index in [1.165, 1.54) is 12.1 Å². The molecule has 6 nitrogen and oxygen atoms in total. The predicted octanol–water partition coefficient (Wildman–Crippen LogP) is 0.239. The Hall–Kier alpha value is -2.15. The summed E-state index contributed by atoms with van der Waals surface area (Å²) in [7, 11) is 0. The third-order valence-electron chi connectivity index (χ3n) is 2.44. The molecule has 1 aromatic carbocycles. The highest BCUT2D eigenvalue weighted by Gasteiger charge is 2.09. The van der Waals surface area contributed by atoms with Crippen molar-refractivity contribution in [2.24, 2.45) is 0 Å². The summed E-state index contributed by atoms with van der Waals surface area (Å²) in [6.45, 7) is 0.348. The Morgan fingerprint density at radius 3 is 2.78 bits per heavy atom. The van der Waals surface area contributed by atoms with Crippen LogP contribution in [0.5, 0.6) is 0 Å². The number of nitrogens with one attached hydrogen (secondary N) is 2. The van der Waals surface area contributed by atoms with Gasteiger partial charge in [0, 0.05) is 0 Å². The number of rotatable bonds is 6. The highest BCUT2D eigenvalue weighted by Crippen LogP contribution is 2.05. The van der Waals surface area contributed by atoms with Crippen molar-refractivity contribution in [2.45, 2.75) is 19.0 Å². The number of aldehydes is 1. The number of carbonyl (C=O) groups excluding carboxylic acids is 1. The van der Waals surface area contributed by atoms with Crippen LogP contribution in [-0.2, 0) is 17.8 Å². The van der Waals surface area contributed by atoms with Crippen LogP contribution in [0.4, 0.5) is 4.39 Å². The Morgan fingerprint density at radius 1 is 1.39 bits per heavy atom. The molecule has 2 rings (SSSR count). The first-order valence-electron chi connectivity index (χ1n) is 5.43. The maximum atomic E-state index is 12.7. The monoisotopic (exact) mass is 249 g/mol. The molecule has 2 N–H and O–H groups in total. The van der Waals surface area contributed by atoms with Gasteiger partial charge >= 0.3 is 0 Å². The van der Waals surface area contributed by atoms with Crippen molar-refractivity contribution in [3.05, 3.63) is 41.5 Å². The Balaban J connectivity index is 1.89. The summed E-state index contributed by atoms with van der Waals surface area (Å²) in [6.07, 6.45) is 1.30. The van der Waals surface area contributed by atoms with Crippen LogP contribution in [0.2, 0.25) is 0 Å². The molecule has 1 aromatic heterocycles. The van der Waals surface area contributed by atoms with Gasteiger partial charge in [0.05, 0.1) is 12.6 Å². The van der Waals surface area contributed by atoms with E-state index in [9.17, 15) is 9.18 Å². The second kappa shape index (κ2) is 5.97. The van der Waals surface area contributed by atoms with Crippen LogP contribution in [0.1, 0.15) is 11.4 Å². The van der Waals surface area contributed by atoms with Gasteiger partial charge in [0.15, 0.2) is 5.82 Å². The molecule has 0 saturated heterocycles. The van der Waals surface area contributed by atoms with E-state index in [1.807, 2.05) is 0 Å². The largest absolute Gasteiger partial charge is 0.302 e. The maximum absolute atomic E-state index is 12.7. The minimum Gasteiger partial charge on any atom is -0.302 e. The fourth-order valence-corrected chi connectivity index (χ4v) is 1.52. The van der Waals surface area contributed by atoms with Crippen LogP contribution in [0, 0.1) is 5.82 Å². The number of hydrogen-bond donors (Lipinski definition) is 2. The first-order valence-corrected chi connectivity index (χ1v) is 5.43. The van der Waals surface area contributed by atoms with Gasteiger partial charge in [-0.3, -0.25) is 0 Å². The van der Waals surface area contributed by atoms with Crippen molar-refractivity contribution in [1.82, 2.24) is 25.9 Å². The molecule has 94 valence electrons. The summed E-state index contributed by atoms with van der Waals surface area (Å²) in [5.41, 5.74) is 0.883. The second-order valence-electron chi connectivity index (χ2n) is 3.78. The van der Waals surface area contributed by atoms with Gasteiger partial charge in [0.25, 0.3) is 0 Å². The van der Waals surface area contributed by atoms with Crippen LogP contribution in [0.3, 0.4) is 0 Å². The number of H-pyrrole nitrogens is 1. The zero-order valence-electron chi connectivity index (χ0n) is 9.51. The van der Waals surface area contributed by atoms with Crippen LogP contribution < -0.4 is 5.32 Å². The third-order valence-corrected chi connectivity index (χ3v) is 2.44. The number of nitrogens with zero attached hydrogens (tertiary/aromatic N) is 3. The summed E-state index contributed by atoms with van der Waals surface area (Å²) < 4.78 is 12.7. The Kier molecular flexibility index (Phi) is 4.08. The molecule has 1 atom stereocenters. The van der Waals surface area contributed by atoms with E-state index in [0.29, 0.717) is 18.8 Å². The van der Waals surface area contributed by atoms with Gasteiger partial charge in [-0.25, -0.2) is 4.39 Å². The smallest absolute Gasteiger partial charge is 0.188 e. The van der Waals surface area contributed by atoms with Crippen molar-refractivity contribution in [3.63, 3.8) is 0 Å². The van der Waals surface area contributed by atoms with Gasteiger partial charge in [0.2, 0.25) is 0 Å². The first-order chi connectivity index (χ1) is 8.78. The Labute approximate surface area is 103 Å². The van der Waals surface area contributed by atoms with Crippen molar-refractivity contribution in [1.29, 1.82) is 0 Å². The fraction of sp³-hybridized carbons (Fsp3) is 0.273. The topological polar surface area (TPSA) is 83.6 Å². The van der Waals surface area contributed by atoms with Crippen molar-refractivity contribution < 1.29 is 9.18 Å². The van der Waals surface area contributed by atoms with Gasteiger partial charge in [-0.15, -0.1) is 10.2 Å². The number of aromatic amines is 1. The average molecular weight is 249 g/mol. The molecule has 0 bridgehead atoms. The Bertz CT molecular complexity index is 485. The molecule has 0 saturated carbocycles. The standard InChI is InChI=1S/C11H12FN5O/c12-9-3-1-8(2-4-9)5-10(7-18)13-6-11-14-16-17-15-11/h1-4,7,10,13H,5-6H2,(H,14,15,16,17)/t10-/m0/s1. The molecular weight excluding hydrogens is 237 g/mol. The van der Waals surface area contributed by atoms with Gasteiger partial charge in [0.1, 0.15) is 12.1 Å². The van der Waals surface area contributed by atoms with E-state index < -0.39 is 0 Å². The molecule has 0 spiro atoms. The molecule has 7 heteroatoms. The van der Waals surface area contributed by atoms with E-state index in [0.717, 1.165) is 11.8 Å². The van der Waals surface area contributed by atoms with Gasteiger partial charge in [-0.05, 0) is 24.1 Å². The lowest BCUT2D eigenvalue weighted by atomic mass is 10.1. The highest BCUT2D eigenvalue weighted by molar-refractivity contribution is 5.58. The molecular formula is C11H12FN5O. The molecule has 0 radical (unpaired) electrons. The highest BCUT2D eigenvalue weighted by atomic mass is 19.1. The van der Waals surface area contributed by atoms with E-state index in [2.05, 4.69) is 25.9 Å². The summed E-state index contributed by atoms with van der Waals surface area (Å²) in [5.74, 6) is 0.196. The third kappa shape index (κ3) is 3.42. The molecule has 0 fully saturated rings. The number of tetrazole rings is 1. The maximum Gasteiger partial charge on any atom is 0.188 e. The van der Waals surface area contributed by atoms with E-state index in [4.69, 9.17) is 0 Å². The van der Waals surface area contributed by atoms with Crippen LogP contribution in [0.15, 0.2) is 24.3 Å². The number of carbonyl (C=O) groups is 1. The minimum absolute atomic E-state index is 0.291. The number of aromatic nitrogens is 4. The zero-order valence-corrected chi connectivity index (χ0v) is 9.51.